The molecule has 0 amide bonds. The maximum absolute atomic E-state index is 13.6. The first-order valence-corrected chi connectivity index (χ1v) is 12.7. The summed E-state index contributed by atoms with van der Waals surface area (Å²) >= 11 is 0. The second-order valence-electron chi connectivity index (χ2n) is 8.00. The van der Waals surface area contributed by atoms with Gasteiger partial charge in [0.1, 0.15) is 23.6 Å². The van der Waals surface area contributed by atoms with Crippen molar-refractivity contribution in [2.75, 3.05) is 0 Å². The van der Waals surface area contributed by atoms with Gasteiger partial charge in [0.2, 0.25) is 0 Å². The number of non-ortho nitro benzene ring substituents is 1. The molecule has 0 aromatic heterocycles. The van der Waals surface area contributed by atoms with E-state index in [0.29, 0.717) is 0 Å². The molecule has 2 aromatic rings. The molecule has 178 valence electrons. The Labute approximate surface area is 193 Å². The van der Waals surface area contributed by atoms with E-state index in [-0.39, 0.29) is 23.3 Å². The van der Waals surface area contributed by atoms with Crippen molar-refractivity contribution in [2.45, 2.75) is 64.0 Å². The van der Waals surface area contributed by atoms with Gasteiger partial charge in [-0.05, 0) is 56.9 Å². The number of nitrogens with one attached hydrogen (secondary N) is 1. The highest BCUT2D eigenvalue weighted by molar-refractivity contribution is 7.52. The van der Waals surface area contributed by atoms with Crippen LogP contribution in [0, 0.1) is 10.1 Å². The Morgan fingerprint density at radius 2 is 1.52 bits per heavy atom. The van der Waals surface area contributed by atoms with Crippen molar-refractivity contribution in [3.8, 4) is 11.5 Å². The highest BCUT2D eigenvalue weighted by Gasteiger charge is 2.34. The molecule has 1 fully saturated rings. The first-order valence-electron chi connectivity index (χ1n) is 11.1. The van der Waals surface area contributed by atoms with Crippen molar-refractivity contribution >= 4 is 19.4 Å². The van der Waals surface area contributed by atoms with Crippen molar-refractivity contribution in [3.05, 3.63) is 64.7 Å². The van der Waals surface area contributed by atoms with Gasteiger partial charge in [0.05, 0.1) is 4.92 Å². The van der Waals surface area contributed by atoms with Gasteiger partial charge in [0, 0.05) is 12.1 Å². The molecule has 1 aliphatic carbocycles. The molecular formula is C23H29N2O7P. The van der Waals surface area contributed by atoms with Gasteiger partial charge >= 0.3 is 13.7 Å². The summed E-state index contributed by atoms with van der Waals surface area (Å²) in [6.07, 6.45) is 6.96. The first-order chi connectivity index (χ1) is 15.8. The molecule has 0 saturated heterocycles. The second kappa shape index (κ2) is 11.8. The number of carbonyl (C=O) groups excluding carboxylic acids is 1. The van der Waals surface area contributed by atoms with Crippen LogP contribution in [0.15, 0.2) is 54.6 Å². The second-order valence-corrected chi connectivity index (χ2v) is 9.62. The molecule has 10 heteroatoms. The number of hydrogen-bond donors (Lipinski definition) is 1. The van der Waals surface area contributed by atoms with Crippen LogP contribution >= 0.6 is 7.75 Å². The number of nitro groups is 1. The highest BCUT2D eigenvalue weighted by Crippen LogP contribution is 2.45. The maximum Gasteiger partial charge on any atom is 0.513 e. The normalized spacial score (nSPS) is 17.6. The minimum absolute atomic E-state index is 0.0907. The molecule has 1 aliphatic rings. The summed E-state index contributed by atoms with van der Waals surface area (Å²) in [6.45, 7) is 1.53. The van der Waals surface area contributed by atoms with E-state index in [1.807, 2.05) is 0 Å². The summed E-state index contributed by atoms with van der Waals surface area (Å²) in [7, 11) is -4.10. The third-order valence-electron chi connectivity index (χ3n) is 5.28. The van der Waals surface area contributed by atoms with Crippen LogP contribution < -0.4 is 14.1 Å². The maximum atomic E-state index is 13.6. The number of nitro benzene ring substituents is 1. The van der Waals surface area contributed by atoms with Crippen LogP contribution in [0.25, 0.3) is 0 Å². The molecule has 0 bridgehead atoms. The number of nitrogens with zero attached hydrogens (tertiary/aromatic N) is 1. The Morgan fingerprint density at radius 3 is 2.09 bits per heavy atom. The minimum atomic E-state index is -4.10. The zero-order valence-corrected chi connectivity index (χ0v) is 19.4. The van der Waals surface area contributed by atoms with E-state index in [1.165, 1.54) is 37.6 Å². The van der Waals surface area contributed by atoms with E-state index in [0.717, 1.165) is 38.5 Å². The number of hydrogen-bond acceptors (Lipinski definition) is 7. The van der Waals surface area contributed by atoms with Crippen LogP contribution in [0.4, 0.5) is 5.69 Å². The predicted molar refractivity (Wildman–Crippen MR) is 123 cm³/mol. The van der Waals surface area contributed by atoms with Crippen molar-refractivity contribution in [3.63, 3.8) is 0 Å². The Balaban J connectivity index is 1.71. The van der Waals surface area contributed by atoms with E-state index in [4.69, 9.17) is 13.8 Å². The molecule has 1 saturated carbocycles. The van der Waals surface area contributed by atoms with Gasteiger partial charge in [-0.3, -0.25) is 14.9 Å². The molecule has 2 atom stereocenters. The molecular weight excluding hydrogens is 447 g/mol. The summed E-state index contributed by atoms with van der Waals surface area (Å²) in [5.41, 5.74) is -0.134. The van der Waals surface area contributed by atoms with Crippen molar-refractivity contribution in [2.24, 2.45) is 0 Å². The molecule has 9 nitrogen and oxygen atoms in total. The lowest BCUT2D eigenvalue weighted by Gasteiger charge is -2.25. The molecule has 3 rings (SSSR count). The largest absolute Gasteiger partial charge is 0.513 e. The fourth-order valence-corrected chi connectivity index (χ4v) is 5.07. The Morgan fingerprint density at radius 1 is 0.970 bits per heavy atom. The predicted octanol–water partition coefficient (Wildman–Crippen LogP) is 5.79. The van der Waals surface area contributed by atoms with Crippen LogP contribution in [0.2, 0.25) is 0 Å². The molecule has 0 aliphatic heterocycles. The summed E-state index contributed by atoms with van der Waals surface area (Å²) < 4.78 is 30.4. The molecule has 1 N–H and O–H groups in total. The van der Waals surface area contributed by atoms with Gasteiger partial charge in [0.15, 0.2) is 0 Å². The lowest BCUT2D eigenvalue weighted by atomic mass is 9.98. The van der Waals surface area contributed by atoms with E-state index < -0.39 is 24.7 Å². The van der Waals surface area contributed by atoms with Crippen LogP contribution in [-0.4, -0.2) is 23.0 Å². The standard InChI is InChI=1S/C23H29N2O7P/c1-18(23(26)30-20-10-6-3-2-4-7-11-20)24-33(29,31-21-12-8-5-9-13-21)32-22-16-14-19(15-17-22)25(27)28/h5,8-9,12-18,20H,2-4,6-7,10-11H2,1H3,(H,24,29)/t18-,33?/m0/s1. The fraction of sp³-hybridized carbons (Fsp3) is 0.435. The average molecular weight is 476 g/mol. The number of para-hydroxylation sites is 1. The van der Waals surface area contributed by atoms with E-state index in [2.05, 4.69) is 5.09 Å². The van der Waals surface area contributed by atoms with Crippen LogP contribution in [0.5, 0.6) is 11.5 Å². The topological polar surface area (TPSA) is 117 Å². The van der Waals surface area contributed by atoms with Crippen molar-refractivity contribution in [1.29, 1.82) is 0 Å². The van der Waals surface area contributed by atoms with Crippen molar-refractivity contribution < 1.29 is 28.1 Å². The Bertz CT molecular complexity index is 961. The van der Waals surface area contributed by atoms with Gasteiger partial charge in [-0.25, -0.2) is 4.57 Å². The Hall–Kier alpha value is -2.90. The molecule has 0 heterocycles. The SMILES string of the molecule is C[C@H](NP(=O)(Oc1ccccc1)Oc1ccc([N+](=O)[O-])cc1)C(=O)OC1CCCCCCC1. The minimum Gasteiger partial charge on any atom is -0.461 e. The summed E-state index contributed by atoms with van der Waals surface area (Å²) in [5.74, 6) is -0.173. The monoisotopic (exact) mass is 476 g/mol. The van der Waals surface area contributed by atoms with Crippen LogP contribution in [-0.2, 0) is 14.1 Å². The lowest BCUT2D eigenvalue weighted by Crippen LogP contribution is -2.37. The van der Waals surface area contributed by atoms with Crippen molar-refractivity contribution in [1.82, 2.24) is 5.09 Å². The summed E-state index contributed by atoms with van der Waals surface area (Å²) in [5, 5.41) is 13.5. The highest BCUT2D eigenvalue weighted by atomic mass is 31.2. The smallest absolute Gasteiger partial charge is 0.461 e. The van der Waals surface area contributed by atoms with Gasteiger partial charge in [-0.15, -0.1) is 0 Å². The lowest BCUT2D eigenvalue weighted by molar-refractivity contribution is -0.384. The average Bonchev–Trinajstić information content (AvgIpc) is 2.76. The van der Waals surface area contributed by atoms with Gasteiger partial charge in [0.25, 0.3) is 5.69 Å². The summed E-state index contributed by atoms with van der Waals surface area (Å²) in [6, 6.07) is 12.5. The molecule has 0 radical (unpaired) electrons. The molecule has 2 aromatic carbocycles. The number of ether oxygens (including phenoxy) is 1. The van der Waals surface area contributed by atoms with Gasteiger partial charge in [-0.1, -0.05) is 37.5 Å². The van der Waals surface area contributed by atoms with Crippen LogP contribution in [0.3, 0.4) is 0 Å². The zero-order valence-electron chi connectivity index (χ0n) is 18.6. The molecule has 33 heavy (non-hydrogen) atoms. The van der Waals surface area contributed by atoms with Crippen LogP contribution in [0.1, 0.15) is 51.9 Å². The van der Waals surface area contributed by atoms with E-state index in [1.54, 1.807) is 30.3 Å². The quantitative estimate of drug-likeness (QED) is 0.209. The van der Waals surface area contributed by atoms with E-state index >= 15 is 0 Å². The Kier molecular flexibility index (Phi) is 8.86. The molecule has 0 spiro atoms. The molecule has 1 unspecified atom stereocenters. The van der Waals surface area contributed by atoms with E-state index in [9.17, 15) is 19.5 Å². The number of esters is 1. The van der Waals surface area contributed by atoms with Gasteiger partial charge < -0.3 is 13.8 Å². The number of rotatable bonds is 9. The van der Waals surface area contributed by atoms with Gasteiger partial charge in [-0.2, -0.15) is 5.09 Å². The fourth-order valence-electron chi connectivity index (χ4n) is 3.55. The number of benzene rings is 2. The zero-order chi connectivity index (χ0) is 23.7. The first kappa shape index (κ1) is 24.7. The third-order valence-corrected chi connectivity index (χ3v) is 6.89. The number of carbonyl (C=O) groups is 1. The summed E-state index contributed by atoms with van der Waals surface area (Å²) in [4.78, 5) is 23.1. The third kappa shape index (κ3) is 7.87.